The minimum absolute atomic E-state index is 0.142. The molecule has 1 aromatic carbocycles. The van der Waals surface area contributed by atoms with Crippen LogP contribution in [0.25, 0.3) is 0 Å². The van der Waals surface area contributed by atoms with Crippen LogP contribution in [0.3, 0.4) is 0 Å². The standard InChI is InChI=1S/C17H27FN2/c1-5-15-12-20(16(10-19-15)17(2,3)4)11-13-7-6-8-14(18)9-13/h6-9,15-16,19H,5,10-12H2,1-4H3. The second-order valence-corrected chi connectivity index (χ2v) is 6.95. The van der Waals surface area contributed by atoms with Gasteiger partial charge in [0, 0.05) is 31.7 Å². The number of nitrogens with zero attached hydrogens (tertiary/aromatic N) is 1. The molecule has 0 amide bonds. The van der Waals surface area contributed by atoms with Gasteiger partial charge in [-0.2, -0.15) is 0 Å². The zero-order valence-electron chi connectivity index (χ0n) is 13.1. The van der Waals surface area contributed by atoms with E-state index < -0.39 is 0 Å². The highest BCUT2D eigenvalue weighted by atomic mass is 19.1. The number of hydrogen-bond donors (Lipinski definition) is 1. The molecule has 1 aromatic rings. The molecule has 1 fully saturated rings. The summed E-state index contributed by atoms with van der Waals surface area (Å²) < 4.78 is 13.4. The summed E-state index contributed by atoms with van der Waals surface area (Å²) in [5.74, 6) is -0.142. The van der Waals surface area contributed by atoms with Gasteiger partial charge in [0.2, 0.25) is 0 Å². The highest BCUT2D eigenvalue weighted by molar-refractivity contribution is 5.16. The minimum Gasteiger partial charge on any atom is -0.311 e. The van der Waals surface area contributed by atoms with Crippen LogP contribution in [0.15, 0.2) is 24.3 Å². The molecular weight excluding hydrogens is 251 g/mol. The van der Waals surface area contributed by atoms with Crippen molar-refractivity contribution in [3.63, 3.8) is 0 Å². The lowest BCUT2D eigenvalue weighted by Gasteiger charge is -2.46. The number of halogens is 1. The van der Waals surface area contributed by atoms with Crippen molar-refractivity contribution >= 4 is 0 Å². The Balaban J connectivity index is 2.14. The Morgan fingerprint density at radius 2 is 2.10 bits per heavy atom. The van der Waals surface area contributed by atoms with Gasteiger partial charge in [0.25, 0.3) is 0 Å². The minimum atomic E-state index is -0.142. The van der Waals surface area contributed by atoms with Crippen molar-refractivity contribution in [3.8, 4) is 0 Å². The fourth-order valence-corrected chi connectivity index (χ4v) is 3.05. The molecule has 0 aromatic heterocycles. The predicted molar refractivity (Wildman–Crippen MR) is 82.1 cm³/mol. The molecule has 1 saturated heterocycles. The summed E-state index contributed by atoms with van der Waals surface area (Å²) in [6.07, 6.45) is 1.14. The first kappa shape index (κ1) is 15.5. The maximum atomic E-state index is 13.4. The molecule has 1 aliphatic rings. The number of rotatable bonds is 3. The first-order valence-corrected chi connectivity index (χ1v) is 7.62. The van der Waals surface area contributed by atoms with Crippen LogP contribution in [0.5, 0.6) is 0 Å². The Labute approximate surface area is 122 Å². The monoisotopic (exact) mass is 278 g/mol. The second kappa shape index (κ2) is 6.23. The summed E-state index contributed by atoms with van der Waals surface area (Å²) >= 11 is 0. The summed E-state index contributed by atoms with van der Waals surface area (Å²) in [5, 5.41) is 3.64. The van der Waals surface area contributed by atoms with Crippen molar-refractivity contribution in [2.24, 2.45) is 5.41 Å². The quantitative estimate of drug-likeness (QED) is 0.911. The SMILES string of the molecule is CCC1CN(Cc2cccc(F)c2)C(C(C)(C)C)CN1. The zero-order valence-corrected chi connectivity index (χ0v) is 13.1. The van der Waals surface area contributed by atoms with Crippen molar-refractivity contribution in [2.75, 3.05) is 13.1 Å². The molecule has 2 unspecified atom stereocenters. The number of nitrogens with one attached hydrogen (secondary N) is 1. The van der Waals surface area contributed by atoms with Crippen molar-refractivity contribution in [2.45, 2.75) is 52.7 Å². The number of piperazine rings is 1. The lowest BCUT2D eigenvalue weighted by atomic mass is 9.83. The van der Waals surface area contributed by atoms with E-state index in [0.29, 0.717) is 12.1 Å². The van der Waals surface area contributed by atoms with Crippen molar-refractivity contribution < 1.29 is 4.39 Å². The second-order valence-electron chi connectivity index (χ2n) is 6.95. The highest BCUT2D eigenvalue weighted by Crippen LogP contribution is 2.28. The van der Waals surface area contributed by atoms with Gasteiger partial charge < -0.3 is 5.32 Å². The Morgan fingerprint density at radius 3 is 2.70 bits per heavy atom. The van der Waals surface area contributed by atoms with Gasteiger partial charge in [0.1, 0.15) is 5.82 Å². The molecule has 0 saturated carbocycles. The summed E-state index contributed by atoms with van der Waals surface area (Å²) in [6, 6.07) is 8.01. The number of benzene rings is 1. The summed E-state index contributed by atoms with van der Waals surface area (Å²) in [4.78, 5) is 2.51. The molecule has 2 atom stereocenters. The van der Waals surface area contributed by atoms with Crippen molar-refractivity contribution in [3.05, 3.63) is 35.6 Å². The van der Waals surface area contributed by atoms with Gasteiger partial charge in [-0.25, -0.2) is 4.39 Å². The van der Waals surface area contributed by atoms with Gasteiger partial charge >= 0.3 is 0 Å². The third-order valence-electron chi connectivity index (χ3n) is 4.26. The molecule has 0 radical (unpaired) electrons. The lowest BCUT2D eigenvalue weighted by Crippen LogP contribution is -2.59. The maximum Gasteiger partial charge on any atom is 0.123 e. The summed E-state index contributed by atoms with van der Waals surface area (Å²) in [5.41, 5.74) is 1.29. The largest absolute Gasteiger partial charge is 0.311 e. The van der Waals surface area contributed by atoms with E-state index >= 15 is 0 Å². The lowest BCUT2D eigenvalue weighted by molar-refractivity contribution is 0.0484. The van der Waals surface area contributed by atoms with E-state index in [1.807, 2.05) is 6.07 Å². The van der Waals surface area contributed by atoms with Crippen LogP contribution in [0.4, 0.5) is 4.39 Å². The maximum absolute atomic E-state index is 13.4. The molecule has 1 aliphatic heterocycles. The molecular formula is C17H27FN2. The highest BCUT2D eigenvalue weighted by Gasteiger charge is 2.34. The van der Waals surface area contributed by atoms with E-state index in [1.54, 1.807) is 12.1 Å². The molecule has 1 N–H and O–H groups in total. The van der Waals surface area contributed by atoms with Gasteiger partial charge in [0.05, 0.1) is 0 Å². The van der Waals surface area contributed by atoms with E-state index in [1.165, 1.54) is 6.07 Å². The van der Waals surface area contributed by atoms with Crippen LogP contribution in [0, 0.1) is 11.2 Å². The average Bonchev–Trinajstić information content (AvgIpc) is 2.37. The van der Waals surface area contributed by atoms with Gasteiger partial charge in [-0.05, 0) is 29.5 Å². The molecule has 3 heteroatoms. The van der Waals surface area contributed by atoms with E-state index in [0.717, 1.165) is 31.6 Å². The molecule has 0 bridgehead atoms. The van der Waals surface area contributed by atoms with Crippen LogP contribution in [0.2, 0.25) is 0 Å². The van der Waals surface area contributed by atoms with E-state index in [2.05, 4.69) is 37.9 Å². The zero-order chi connectivity index (χ0) is 14.8. The van der Waals surface area contributed by atoms with Gasteiger partial charge in [-0.3, -0.25) is 4.90 Å². The van der Waals surface area contributed by atoms with Gasteiger partial charge in [-0.15, -0.1) is 0 Å². The van der Waals surface area contributed by atoms with Crippen LogP contribution in [-0.2, 0) is 6.54 Å². The summed E-state index contributed by atoms with van der Waals surface area (Å²) in [6.45, 7) is 11.9. The predicted octanol–water partition coefficient (Wildman–Crippen LogP) is 3.42. The van der Waals surface area contributed by atoms with Crippen molar-refractivity contribution in [1.82, 2.24) is 10.2 Å². The molecule has 0 spiro atoms. The van der Waals surface area contributed by atoms with E-state index in [-0.39, 0.29) is 11.2 Å². The normalized spacial score (nSPS) is 24.9. The molecule has 2 nitrogen and oxygen atoms in total. The Morgan fingerprint density at radius 1 is 1.35 bits per heavy atom. The first-order chi connectivity index (χ1) is 9.40. The Bertz CT molecular complexity index is 439. The van der Waals surface area contributed by atoms with Gasteiger partial charge in [0.15, 0.2) is 0 Å². The molecule has 1 heterocycles. The van der Waals surface area contributed by atoms with Crippen LogP contribution < -0.4 is 5.32 Å². The van der Waals surface area contributed by atoms with Crippen LogP contribution in [-0.4, -0.2) is 30.1 Å². The molecule has 20 heavy (non-hydrogen) atoms. The third-order valence-corrected chi connectivity index (χ3v) is 4.26. The Kier molecular flexibility index (Phi) is 4.82. The van der Waals surface area contributed by atoms with Crippen LogP contribution in [0.1, 0.15) is 39.7 Å². The number of hydrogen-bond acceptors (Lipinski definition) is 2. The smallest absolute Gasteiger partial charge is 0.123 e. The fourth-order valence-electron chi connectivity index (χ4n) is 3.05. The van der Waals surface area contributed by atoms with E-state index in [9.17, 15) is 4.39 Å². The summed E-state index contributed by atoms with van der Waals surface area (Å²) in [7, 11) is 0. The topological polar surface area (TPSA) is 15.3 Å². The first-order valence-electron chi connectivity index (χ1n) is 7.62. The third kappa shape index (κ3) is 3.80. The van der Waals surface area contributed by atoms with E-state index in [4.69, 9.17) is 0 Å². The average molecular weight is 278 g/mol. The van der Waals surface area contributed by atoms with Crippen molar-refractivity contribution in [1.29, 1.82) is 0 Å². The molecule has 2 rings (SSSR count). The fraction of sp³-hybridized carbons (Fsp3) is 0.647. The Hall–Kier alpha value is -0.930. The molecule has 112 valence electrons. The van der Waals surface area contributed by atoms with Gasteiger partial charge in [-0.1, -0.05) is 39.8 Å². The van der Waals surface area contributed by atoms with Crippen LogP contribution >= 0.6 is 0 Å². The molecule has 0 aliphatic carbocycles.